The van der Waals surface area contributed by atoms with Crippen LogP contribution in [0.1, 0.15) is 46.7 Å². The largest absolute Gasteiger partial charge is 0.508 e. The maximum Gasteiger partial charge on any atom is 0.433 e. The monoisotopic (exact) mass is 892 g/mol. The van der Waals surface area contributed by atoms with Crippen molar-refractivity contribution in [3.05, 3.63) is 122 Å². The van der Waals surface area contributed by atoms with Gasteiger partial charge in [0.15, 0.2) is 11.6 Å². The molecular formula is C40H29Cl3F6N6O5. The molecule has 2 aliphatic carbocycles. The second-order valence-corrected chi connectivity index (χ2v) is 16.2. The van der Waals surface area contributed by atoms with Gasteiger partial charge < -0.3 is 5.11 Å². The number of anilines is 2. The van der Waals surface area contributed by atoms with Crippen molar-refractivity contribution in [2.24, 2.45) is 23.7 Å². The Hall–Kier alpha value is -5.39. The Kier molecular flexibility index (Phi) is 9.90. The third-order valence-corrected chi connectivity index (χ3v) is 12.6. The molecule has 11 nitrogen and oxygen atoms in total. The van der Waals surface area contributed by atoms with Crippen LogP contribution in [-0.2, 0) is 36.9 Å². The molecular weight excluding hydrogens is 865 g/mol. The third kappa shape index (κ3) is 6.35. The van der Waals surface area contributed by atoms with Gasteiger partial charge >= 0.3 is 12.4 Å². The molecule has 6 atom stereocenters. The van der Waals surface area contributed by atoms with Crippen LogP contribution in [0, 0.1) is 30.6 Å². The summed E-state index contributed by atoms with van der Waals surface area (Å²) in [6.07, 6.45) is -7.76. The molecule has 2 saturated heterocycles. The first kappa shape index (κ1) is 41.3. The molecule has 312 valence electrons. The minimum atomic E-state index is -4.88. The summed E-state index contributed by atoms with van der Waals surface area (Å²) in [6, 6.07) is 12.9. The lowest BCUT2D eigenvalue weighted by atomic mass is 9.49. The molecule has 8 rings (SSSR count). The van der Waals surface area contributed by atoms with E-state index in [0.29, 0.717) is 55.6 Å². The minimum Gasteiger partial charge on any atom is -0.508 e. The second kappa shape index (κ2) is 14.4. The molecule has 0 unspecified atom stereocenters. The van der Waals surface area contributed by atoms with Crippen LogP contribution in [0.25, 0.3) is 0 Å². The number of hydrogen-bond acceptors (Lipinski definition) is 9. The molecule has 0 radical (unpaired) electrons. The first-order valence-electron chi connectivity index (χ1n) is 18.1. The zero-order chi connectivity index (χ0) is 43.4. The Morgan fingerprint density at radius 2 is 1.57 bits per heavy atom. The number of hydrogen-bond donors (Lipinski definition) is 2. The van der Waals surface area contributed by atoms with Crippen LogP contribution in [0.3, 0.4) is 0 Å². The smallest absolute Gasteiger partial charge is 0.433 e. The van der Waals surface area contributed by atoms with E-state index in [9.17, 15) is 45.8 Å². The molecule has 2 N–H and O–H groups in total. The van der Waals surface area contributed by atoms with Crippen LogP contribution in [-0.4, -0.2) is 55.8 Å². The number of aryl methyl sites for hydroxylation is 1. The van der Waals surface area contributed by atoms with Crippen LogP contribution in [0.15, 0.2) is 78.5 Å². The van der Waals surface area contributed by atoms with Crippen molar-refractivity contribution in [2.75, 3.05) is 17.5 Å². The predicted molar refractivity (Wildman–Crippen MR) is 204 cm³/mol. The Bertz CT molecular complexity index is 2540. The van der Waals surface area contributed by atoms with Crippen molar-refractivity contribution in [1.82, 2.24) is 20.0 Å². The van der Waals surface area contributed by atoms with Crippen molar-refractivity contribution >= 4 is 70.1 Å². The summed E-state index contributed by atoms with van der Waals surface area (Å²) in [5.74, 6) is -9.93. The summed E-state index contributed by atoms with van der Waals surface area (Å²) in [5.41, 5.74) is -0.174. The van der Waals surface area contributed by atoms with Gasteiger partial charge in [-0.2, -0.15) is 36.4 Å². The summed E-state index contributed by atoms with van der Waals surface area (Å²) in [4.78, 5) is 66.4. The van der Waals surface area contributed by atoms with Gasteiger partial charge in [-0.25, -0.2) is 9.97 Å². The maximum atomic E-state index is 15.3. The van der Waals surface area contributed by atoms with Crippen molar-refractivity contribution < 1.29 is 50.6 Å². The fraction of sp³-hybridized carbons (Fsp3) is 0.300. The number of nitrogens with zero attached hydrogens (tertiary/aromatic N) is 5. The van der Waals surface area contributed by atoms with E-state index < -0.39 is 98.9 Å². The number of phenolic OH excluding ortho intramolecular Hbond substituents is 1. The van der Waals surface area contributed by atoms with Crippen molar-refractivity contribution in [2.45, 2.75) is 43.5 Å². The fourth-order valence-electron chi connectivity index (χ4n) is 9.21. The number of phenols is 1. The first-order valence-corrected chi connectivity index (χ1v) is 19.3. The number of carbonyl (C=O) groups is 4. The number of halogens is 9. The SMILES string of the molecule is Cc1cc([C@H]2C3=CC[C@@H]4C(=O)N(N(C)c5nc(C(F)(F)F)ccc5Cl)C(=O)[C@@H]4[C@@H]3C[C@H]3C(=O)N(Nc4ncc(C(F)(F)F)cc4Cl)C(=O)[C@@]23c2ccc(Cl)cc2)ccc1O. The van der Waals surface area contributed by atoms with Crippen LogP contribution >= 0.6 is 34.8 Å². The molecule has 20 heteroatoms. The molecule has 4 aromatic rings. The molecule has 0 spiro atoms. The Labute approximate surface area is 351 Å². The van der Waals surface area contributed by atoms with E-state index in [1.165, 1.54) is 25.2 Å². The highest BCUT2D eigenvalue weighted by Gasteiger charge is 2.70. The van der Waals surface area contributed by atoms with Gasteiger partial charge in [0.05, 0.1) is 38.8 Å². The van der Waals surface area contributed by atoms with Gasteiger partial charge in [0.1, 0.15) is 11.4 Å². The highest BCUT2D eigenvalue weighted by molar-refractivity contribution is 6.33. The van der Waals surface area contributed by atoms with Gasteiger partial charge in [-0.15, -0.1) is 0 Å². The lowest BCUT2D eigenvalue weighted by Gasteiger charge is -2.50. The highest BCUT2D eigenvalue weighted by atomic mass is 35.5. The molecule has 1 saturated carbocycles. The number of amides is 4. The molecule has 3 fully saturated rings. The van der Waals surface area contributed by atoms with Crippen LogP contribution in [0.4, 0.5) is 38.0 Å². The lowest BCUT2D eigenvalue weighted by Crippen LogP contribution is -2.53. The van der Waals surface area contributed by atoms with E-state index >= 15 is 4.79 Å². The summed E-state index contributed by atoms with van der Waals surface area (Å²) in [7, 11) is 1.17. The topological polar surface area (TPSA) is 136 Å². The van der Waals surface area contributed by atoms with Gasteiger partial charge in [0.2, 0.25) is 0 Å². The van der Waals surface area contributed by atoms with Crippen LogP contribution < -0.4 is 10.4 Å². The Balaban J connectivity index is 1.28. The van der Waals surface area contributed by atoms with Crippen molar-refractivity contribution in [3.8, 4) is 5.75 Å². The van der Waals surface area contributed by atoms with Gasteiger partial charge in [-0.3, -0.25) is 29.6 Å². The van der Waals surface area contributed by atoms with Crippen molar-refractivity contribution in [3.63, 3.8) is 0 Å². The minimum absolute atomic E-state index is 0.0563. The quantitative estimate of drug-likeness (QED) is 0.111. The maximum absolute atomic E-state index is 15.3. The van der Waals surface area contributed by atoms with Gasteiger partial charge in [-0.05, 0) is 78.8 Å². The van der Waals surface area contributed by atoms with E-state index in [0.717, 1.165) is 11.1 Å². The fourth-order valence-corrected chi connectivity index (χ4v) is 9.77. The summed E-state index contributed by atoms with van der Waals surface area (Å²) in [6.45, 7) is 1.62. The molecule has 2 aliphatic heterocycles. The number of alkyl halides is 6. The number of carbonyl (C=O) groups excluding carboxylic acids is 4. The number of fused-ring (bicyclic) bond motifs is 4. The van der Waals surface area contributed by atoms with Gasteiger partial charge in [-0.1, -0.05) is 70.7 Å². The van der Waals surface area contributed by atoms with E-state index in [-0.39, 0.29) is 23.6 Å². The zero-order valence-corrected chi connectivity index (χ0v) is 33.2. The van der Waals surface area contributed by atoms with E-state index in [2.05, 4.69) is 15.4 Å². The van der Waals surface area contributed by atoms with E-state index in [1.807, 2.05) is 0 Å². The van der Waals surface area contributed by atoms with Crippen molar-refractivity contribution in [1.29, 1.82) is 0 Å². The molecule has 4 aliphatic rings. The number of allylic oxidation sites excluding steroid dienone is 2. The highest BCUT2D eigenvalue weighted by Crippen LogP contribution is 2.64. The predicted octanol–water partition coefficient (Wildman–Crippen LogP) is 8.52. The zero-order valence-electron chi connectivity index (χ0n) is 30.9. The number of benzene rings is 2. The molecule has 60 heavy (non-hydrogen) atoms. The second-order valence-electron chi connectivity index (χ2n) is 15.0. The Morgan fingerprint density at radius 3 is 2.20 bits per heavy atom. The standard InChI is InChI=1S/C40H29Cl3F6N6O5/c1-17-13-18(3-11-28(17)56)31-22-8-9-23-30(36(59)55(34(23)57)53(2)33-26(42)10-12-29(51-33)40(47,48)49)24(22)15-25-35(58)54(37(60)38(25,31)19-4-6-21(41)7-5-19)52-32-27(43)14-20(16-50-32)39(44,45)46/h3-8,10-14,16,23-25,30-31,56H,9,15H2,1-2H3,(H,50,52)/t23-,24+,25-,30-,31-,38+/m0/s1. The summed E-state index contributed by atoms with van der Waals surface area (Å²) < 4.78 is 81.6. The normalized spacial score (nSPS) is 25.2. The molecule has 2 aromatic carbocycles. The van der Waals surface area contributed by atoms with E-state index in [4.69, 9.17) is 34.8 Å². The number of imide groups is 2. The number of nitrogens with one attached hydrogen (secondary N) is 1. The van der Waals surface area contributed by atoms with Gasteiger partial charge in [0, 0.05) is 24.2 Å². The molecule has 0 bridgehead atoms. The first-order chi connectivity index (χ1) is 28.2. The molecule has 4 heterocycles. The molecule has 4 amide bonds. The summed E-state index contributed by atoms with van der Waals surface area (Å²) >= 11 is 18.8. The molecule has 2 aromatic heterocycles. The summed E-state index contributed by atoms with van der Waals surface area (Å²) in [5, 5.41) is 12.2. The van der Waals surface area contributed by atoms with Gasteiger partial charge in [0.25, 0.3) is 23.6 Å². The van der Waals surface area contributed by atoms with Crippen LogP contribution in [0.2, 0.25) is 15.1 Å². The number of pyridine rings is 2. The lowest BCUT2D eigenvalue weighted by molar-refractivity contribution is -0.142. The average Bonchev–Trinajstić information content (AvgIpc) is 3.56. The Morgan fingerprint density at radius 1 is 0.867 bits per heavy atom. The number of aromatic hydroxyl groups is 1. The van der Waals surface area contributed by atoms with Crippen LogP contribution in [0.5, 0.6) is 5.75 Å². The average molecular weight is 894 g/mol. The number of hydrazine groups is 2. The third-order valence-electron chi connectivity index (χ3n) is 11.8. The number of aromatic nitrogens is 2. The van der Waals surface area contributed by atoms with E-state index in [1.54, 1.807) is 37.3 Å². The number of rotatable bonds is 6.